The van der Waals surface area contributed by atoms with Crippen LogP contribution in [0.1, 0.15) is 26.7 Å². The average molecular weight is 276 g/mol. The number of aliphatic carboxylic acids is 1. The van der Waals surface area contributed by atoms with E-state index in [-0.39, 0.29) is 11.9 Å². The number of nitrogens with one attached hydrogen (secondary N) is 2. The van der Waals surface area contributed by atoms with E-state index in [1.54, 1.807) is 0 Å². The molecule has 0 aromatic rings. The van der Waals surface area contributed by atoms with Gasteiger partial charge in [0.2, 0.25) is 12.3 Å². The van der Waals surface area contributed by atoms with Gasteiger partial charge in [-0.1, -0.05) is 0 Å². The van der Waals surface area contributed by atoms with Gasteiger partial charge in [-0.05, 0) is 26.0 Å². The van der Waals surface area contributed by atoms with Crippen LogP contribution >= 0.6 is 11.8 Å². The fourth-order valence-corrected chi connectivity index (χ4v) is 2.16. The first-order chi connectivity index (χ1) is 8.47. The number of thioether (sulfide) groups is 1. The lowest BCUT2D eigenvalue weighted by Gasteiger charge is -2.11. The molecule has 0 rings (SSSR count). The molecule has 0 radical (unpaired) electrons. The van der Waals surface area contributed by atoms with Crippen molar-refractivity contribution in [2.75, 3.05) is 11.5 Å². The predicted octanol–water partition coefficient (Wildman–Crippen LogP) is 0.224. The summed E-state index contributed by atoms with van der Waals surface area (Å²) in [5.74, 6) is 0.192. The van der Waals surface area contributed by atoms with Crippen LogP contribution < -0.4 is 10.6 Å². The molecule has 6 nitrogen and oxygen atoms in total. The zero-order chi connectivity index (χ0) is 14.0. The number of carbonyl (C=O) groups is 3. The van der Waals surface area contributed by atoms with E-state index in [0.717, 1.165) is 0 Å². The maximum absolute atomic E-state index is 11.3. The van der Waals surface area contributed by atoms with E-state index in [0.29, 0.717) is 30.8 Å². The molecule has 1 atom stereocenters. The van der Waals surface area contributed by atoms with Crippen LogP contribution in [0.25, 0.3) is 0 Å². The van der Waals surface area contributed by atoms with Crippen LogP contribution in [-0.2, 0) is 14.4 Å². The van der Waals surface area contributed by atoms with Gasteiger partial charge in [-0.25, -0.2) is 4.79 Å². The fraction of sp³-hybridized carbons (Fsp3) is 0.727. The molecule has 104 valence electrons. The van der Waals surface area contributed by atoms with Crippen molar-refractivity contribution >= 4 is 30.0 Å². The minimum atomic E-state index is -1.04. The number of carbonyl (C=O) groups excluding carboxylic acids is 2. The molecule has 0 aromatic heterocycles. The standard InChI is InChI=1S/C11H20N2O4S/c1-8(2)13-10(15)4-6-18-5-3-9(11(16)17)12-7-14/h7-9H,3-6H2,1-2H3,(H,12,14)(H,13,15)(H,16,17). The summed E-state index contributed by atoms with van der Waals surface area (Å²) in [5.41, 5.74) is 0. The molecule has 0 aliphatic heterocycles. The first-order valence-corrected chi connectivity index (χ1v) is 6.92. The number of carboxylic acid groups (broad SMARTS) is 1. The fourth-order valence-electron chi connectivity index (χ4n) is 1.22. The molecule has 7 heteroatoms. The summed E-state index contributed by atoms with van der Waals surface area (Å²) in [7, 11) is 0. The van der Waals surface area contributed by atoms with Crippen molar-refractivity contribution in [1.82, 2.24) is 10.6 Å². The number of hydrogen-bond acceptors (Lipinski definition) is 4. The van der Waals surface area contributed by atoms with Crippen LogP contribution in [-0.4, -0.2) is 47.0 Å². The Hall–Kier alpha value is -1.24. The van der Waals surface area contributed by atoms with Crippen LogP contribution in [0.5, 0.6) is 0 Å². The third-order valence-electron chi connectivity index (χ3n) is 2.04. The highest BCUT2D eigenvalue weighted by atomic mass is 32.2. The third-order valence-corrected chi connectivity index (χ3v) is 3.06. The van der Waals surface area contributed by atoms with Gasteiger partial charge in [0.05, 0.1) is 0 Å². The van der Waals surface area contributed by atoms with E-state index in [9.17, 15) is 14.4 Å². The largest absolute Gasteiger partial charge is 0.480 e. The molecule has 0 saturated carbocycles. The normalized spacial score (nSPS) is 11.9. The lowest BCUT2D eigenvalue weighted by atomic mass is 10.2. The van der Waals surface area contributed by atoms with Crippen LogP contribution in [0, 0.1) is 0 Å². The molecule has 0 spiro atoms. The van der Waals surface area contributed by atoms with Gasteiger partial charge in [0.25, 0.3) is 0 Å². The molecule has 0 aliphatic carbocycles. The van der Waals surface area contributed by atoms with Crippen molar-refractivity contribution in [2.45, 2.75) is 38.8 Å². The molecule has 3 N–H and O–H groups in total. The summed E-state index contributed by atoms with van der Waals surface area (Å²) in [6.07, 6.45) is 1.16. The monoisotopic (exact) mass is 276 g/mol. The lowest BCUT2D eigenvalue weighted by Crippen LogP contribution is -2.36. The number of carboxylic acids is 1. The Labute approximate surface area is 111 Å². The smallest absolute Gasteiger partial charge is 0.326 e. The second kappa shape index (κ2) is 9.76. The first-order valence-electron chi connectivity index (χ1n) is 5.77. The lowest BCUT2D eigenvalue weighted by molar-refractivity contribution is -0.140. The van der Waals surface area contributed by atoms with Crippen molar-refractivity contribution in [2.24, 2.45) is 0 Å². The molecule has 0 heterocycles. The highest BCUT2D eigenvalue weighted by Gasteiger charge is 2.15. The second-order valence-corrected chi connectivity index (χ2v) is 5.27. The van der Waals surface area contributed by atoms with Crippen molar-refractivity contribution in [3.63, 3.8) is 0 Å². The van der Waals surface area contributed by atoms with Crippen molar-refractivity contribution in [1.29, 1.82) is 0 Å². The Morgan fingerprint density at radius 1 is 1.33 bits per heavy atom. The molecule has 2 amide bonds. The Bertz CT molecular complexity index is 284. The van der Waals surface area contributed by atoms with Gasteiger partial charge in [-0.3, -0.25) is 9.59 Å². The summed E-state index contributed by atoms with van der Waals surface area (Å²) in [5, 5.41) is 13.8. The van der Waals surface area contributed by atoms with Gasteiger partial charge < -0.3 is 15.7 Å². The SMILES string of the molecule is CC(C)NC(=O)CCSCCC(NC=O)C(=O)O. The molecule has 0 aromatic carbocycles. The van der Waals surface area contributed by atoms with E-state index in [2.05, 4.69) is 10.6 Å². The predicted molar refractivity (Wildman–Crippen MR) is 70.5 cm³/mol. The van der Waals surface area contributed by atoms with Crippen LogP contribution in [0.15, 0.2) is 0 Å². The minimum absolute atomic E-state index is 0.00157. The summed E-state index contributed by atoms with van der Waals surface area (Å²) >= 11 is 1.50. The maximum Gasteiger partial charge on any atom is 0.326 e. The van der Waals surface area contributed by atoms with Gasteiger partial charge in [0.1, 0.15) is 6.04 Å². The van der Waals surface area contributed by atoms with E-state index < -0.39 is 12.0 Å². The number of hydrogen-bond donors (Lipinski definition) is 3. The van der Waals surface area contributed by atoms with Crippen molar-refractivity contribution < 1.29 is 19.5 Å². The Morgan fingerprint density at radius 3 is 2.50 bits per heavy atom. The quantitative estimate of drug-likeness (QED) is 0.392. The zero-order valence-electron chi connectivity index (χ0n) is 10.6. The van der Waals surface area contributed by atoms with E-state index >= 15 is 0 Å². The average Bonchev–Trinajstić information content (AvgIpc) is 2.25. The minimum Gasteiger partial charge on any atom is -0.480 e. The number of rotatable bonds is 10. The molecule has 0 bridgehead atoms. The first kappa shape index (κ1) is 16.8. The summed E-state index contributed by atoms with van der Waals surface area (Å²) < 4.78 is 0. The summed E-state index contributed by atoms with van der Waals surface area (Å²) in [4.78, 5) is 32.1. The highest BCUT2D eigenvalue weighted by Crippen LogP contribution is 2.07. The van der Waals surface area contributed by atoms with E-state index in [4.69, 9.17) is 5.11 Å². The van der Waals surface area contributed by atoms with Gasteiger partial charge in [-0.15, -0.1) is 0 Å². The van der Waals surface area contributed by atoms with E-state index in [1.165, 1.54) is 11.8 Å². The Kier molecular flexibility index (Phi) is 9.08. The van der Waals surface area contributed by atoms with Crippen molar-refractivity contribution in [3.05, 3.63) is 0 Å². The molecule has 0 saturated heterocycles. The van der Waals surface area contributed by atoms with Crippen LogP contribution in [0.4, 0.5) is 0 Å². The van der Waals surface area contributed by atoms with Crippen LogP contribution in [0.2, 0.25) is 0 Å². The molecule has 0 aliphatic rings. The molecular formula is C11H20N2O4S. The summed E-state index contributed by atoms with van der Waals surface area (Å²) in [6.45, 7) is 3.79. The molecule has 0 fully saturated rings. The molecule has 1 unspecified atom stereocenters. The topological polar surface area (TPSA) is 95.5 Å². The van der Waals surface area contributed by atoms with Crippen LogP contribution in [0.3, 0.4) is 0 Å². The second-order valence-electron chi connectivity index (χ2n) is 4.05. The number of amides is 2. The van der Waals surface area contributed by atoms with Gasteiger partial charge >= 0.3 is 5.97 Å². The Balaban J connectivity index is 3.63. The van der Waals surface area contributed by atoms with Gasteiger partial charge in [-0.2, -0.15) is 11.8 Å². The van der Waals surface area contributed by atoms with Gasteiger partial charge in [0, 0.05) is 18.2 Å². The molecular weight excluding hydrogens is 256 g/mol. The molecule has 18 heavy (non-hydrogen) atoms. The maximum atomic E-state index is 11.3. The zero-order valence-corrected chi connectivity index (χ0v) is 11.5. The van der Waals surface area contributed by atoms with Crippen molar-refractivity contribution in [3.8, 4) is 0 Å². The summed E-state index contributed by atoms with van der Waals surface area (Å²) in [6, 6.07) is -0.713. The third kappa shape index (κ3) is 8.86. The highest BCUT2D eigenvalue weighted by molar-refractivity contribution is 7.99. The van der Waals surface area contributed by atoms with Gasteiger partial charge in [0.15, 0.2) is 0 Å². The Morgan fingerprint density at radius 2 is 2.00 bits per heavy atom. The van der Waals surface area contributed by atoms with E-state index in [1.807, 2.05) is 13.8 Å².